The molecule has 3 fully saturated rings. The summed E-state index contributed by atoms with van der Waals surface area (Å²) in [5, 5.41) is 20.3. The molecule has 4 heteroatoms. The van der Waals surface area contributed by atoms with Crippen LogP contribution in [0.5, 0.6) is 0 Å². The number of aliphatic hydroxyl groups is 2. The quantitative estimate of drug-likeness (QED) is 0.704. The van der Waals surface area contributed by atoms with Crippen molar-refractivity contribution in [3.8, 4) is 0 Å². The average Bonchev–Trinajstić information content (AvgIpc) is 2.83. The summed E-state index contributed by atoms with van der Waals surface area (Å²) in [6, 6.07) is 0. The highest BCUT2D eigenvalue weighted by molar-refractivity contribution is 5.36. The van der Waals surface area contributed by atoms with E-state index in [0.717, 1.165) is 12.8 Å². The molecule has 1 spiro atoms. The molecule has 2 saturated heterocycles. The van der Waals surface area contributed by atoms with Gasteiger partial charge in [-0.15, -0.1) is 0 Å². The van der Waals surface area contributed by atoms with E-state index >= 15 is 0 Å². The zero-order valence-corrected chi connectivity index (χ0v) is 11.8. The fraction of sp³-hybridized carbons (Fsp3) is 0.867. The van der Waals surface area contributed by atoms with Crippen molar-refractivity contribution in [2.45, 2.75) is 63.6 Å². The average molecular weight is 266 g/mol. The van der Waals surface area contributed by atoms with Crippen molar-refractivity contribution in [1.29, 1.82) is 0 Å². The van der Waals surface area contributed by atoms with E-state index in [-0.39, 0.29) is 17.4 Å². The predicted molar refractivity (Wildman–Crippen MR) is 68.3 cm³/mol. The van der Waals surface area contributed by atoms with Crippen molar-refractivity contribution in [1.82, 2.24) is 0 Å². The van der Waals surface area contributed by atoms with Gasteiger partial charge < -0.3 is 19.7 Å². The number of ether oxygens (including phenoxy) is 2. The van der Waals surface area contributed by atoms with Crippen LogP contribution >= 0.6 is 0 Å². The predicted octanol–water partition coefficient (Wildman–Crippen LogP) is 1.36. The summed E-state index contributed by atoms with van der Waals surface area (Å²) in [4.78, 5) is 0. The standard InChI is InChI=1S/C15H22O4/c1-9-4-5-12(2)13(3)7-10(17)11-14(13,8-16)19-15(12,6-9)18-11/h6,10-11,16-17H,4-5,7-8H2,1-3H3/t10-,11+,12-,13+,14+,15+/m0/s1. The van der Waals surface area contributed by atoms with Gasteiger partial charge in [-0.05, 0) is 32.3 Å². The van der Waals surface area contributed by atoms with Gasteiger partial charge in [0.2, 0.25) is 0 Å². The Balaban J connectivity index is 1.98. The van der Waals surface area contributed by atoms with Crippen molar-refractivity contribution >= 4 is 0 Å². The minimum Gasteiger partial charge on any atom is -0.393 e. The van der Waals surface area contributed by atoms with E-state index in [1.807, 2.05) is 0 Å². The molecule has 0 unspecified atom stereocenters. The Hall–Kier alpha value is -0.420. The lowest BCUT2D eigenvalue weighted by Crippen LogP contribution is -2.60. The maximum atomic E-state index is 10.3. The fourth-order valence-corrected chi connectivity index (χ4v) is 5.28. The van der Waals surface area contributed by atoms with Crippen LogP contribution in [-0.4, -0.2) is 40.4 Å². The molecule has 2 bridgehead atoms. The molecule has 4 nitrogen and oxygen atoms in total. The molecular formula is C15H22O4. The van der Waals surface area contributed by atoms with Crippen LogP contribution in [0, 0.1) is 10.8 Å². The lowest BCUT2D eigenvalue weighted by Gasteiger charge is -2.52. The van der Waals surface area contributed by atoms with Crippen molar-refractivity contribution in [2.75, 3.05) is 6.61 Å². The van der Waals surface area contributed by atoms with Crippen LogP contribution in [0.2, 0.25) is 0 Å². The molecule has 6 atom stereocenters. The highest BCUT2D eigenvalue weighted by Gasteiger charge is 2.86. The monoisotopic (exact) mass is 266 g/mol. The van der Waals surface area contributed by atoms with Gasteiger partial charge in [0.05, 0.1) is 12.7 Å². The maximum Gasteiger partial charge on any atom is 0.195 e. The molecule has 1 saturated carbocycles. The Morgan fingerprint density at radius 1 is 1.37 bits per heavy atom. The van der Waals surface area contributed by atoms with Gasteiger partial charge in [0, 0.05) is 10.8 Å². The Bertz CT molecular complexity index is 489. The second kappa shape index (κ2) is 3.08. The molecule has 0 aromatic rings. The van der Waals surface area contributed by atoms with Gasteiger partial charge in [0.25, 0.3) is 0 Å². The van der Waals surface area contributed by atoms with Gasteiger partial charge in [0.15, 0.2) is 5.79 Å². The minimum atomic E-state index is -0.755. The van der Waals surface area contributed by atoms with Crippen LogP contribution in [0.25, 0.3) is 0 Å². The Morgan fingerprint density at radius 3 is 2.79 bits per heavy atom. The highest BCUT2D eigenvalue weighted by Crippen LogP contribution is 2.77. The van der Waals surface area contributed by atoms with Crippen LogP contribution < -0.4 is 0 Å². The number of aliphatic hydroxyl groups excluding tert-OH is 2. The summed E-state index contributed by atoms with van der Waals surface area (Å²) in [5.41, 5.74) is 0.0953. The first-order valence-electron chi connectivity index (χ1n) is 7.19. The SMILES string of the molecule is CC1=C[C@]23O[C@@H]4[C@@H](O)C[C@](C)([C@]2(C)CC1)[C@]4(CO)O3. The first-order valence-corrected chi connectivity index (χ1v) is 7.19. The first-order chi connectivity index (χ1) is 8.84. The third kappa shape index (κ3) is 0.963. The van der Waals surface area contributed by atoms with Crippen molar-refractivity contribution in [3.63, 3.8) is 0 Å². The number of hydrogen-bond donors (Lipinski definition) is 2. The van der Waals surface area contributed by atoms with Crippen LogP contribution in [-0.2, 0) is 9.47 Å². The summed E-state index contributed by atoms with van der Waals surface area (Å²) in [6.45, 7) is 6.36. The lowest BCUT2D eigenvalue weighted by atomic mass is 9.53. The molecular weight excluding hydrogens is 244 g/mol. The molecule has 2 aliphatic heterocycles. The number of rotatable bonds is 1. The topological polar surface area (TPSA) is 58.9 Å². The minimum absolute atomic E-state index is 0.0878. The number of allylic oxidation sites excluding steroid dienone is 1. The molecule has 0 radical (unpaired) electrons. The van der Waals surface area contributed by atoms with E-state index in [1.165, 1.54) is 5.57 Å². The normalized spacial score (nSPS) is 62.3. The molecule has 2 aliphatic carbocycles. The van der Waals surface area contributed by atoms with Gasteiger partial charge in [-0.2, -0.15) is 0 Å². The maximum absolute atomic E-state index is 10.3. The molecule has 2 heterocycles. The van der Waals surface area contributed by atoms with Crippen molar-refractivity contribution in [2.24, 2.45) is 10.8 Å². The molecule has 19 heavy (non-hydrogen) atoms. The summed E-state index contributed by atoms with van der Waals surface area (Å²) in [5.74, 6) is -0.755. The van der Waals surface area contributed by atoms with Crippen LogP contribution in [0.3, 0.4) is 0 Å². The first kappa shape index (κ1) is 12.3. The molecule has 0 aromatic heterocycles. The lowest BCUT2D eigenvalue weighted by molar-refractivity contribution is -0.204. The van der Waals surface area contributed by atoms with E-state index < -0.39 is 23.6 Å². The largest absolute Gasteiger partial charge is 0.393 e. The van der Waals surface area contributed by atoms with Crippen molar-refractivity contribution < 1.29 is 19.7 Å². The second-order valence-electron chi connectivity index (χ2n) is 7.28. The molecule has 106 valence electrons. The van der Waals surface area contributed by atoms with E-state index in [2.05, 4.69) is 26.8 Å². The third-order valence-corrected chi connectivity index (χ3v) is 6.67. The van der Waals surface area contributed by atoms with Gasteiger partial charge in [-0.1, -0.05) is 19.4 Å². The zero-order valence-electron chi connectivity index (χ0n) is 11.8. The van der Waals surface area contributed by atoms with E-state index in [9.17, 15) is 10.2 Å². The zero-order chi connectivity index (χ0) is 13.7. The Kier molecular flexibility index (Phi) is 2.00. The smallest absolute Gasteiger partial charge is 0.195 e. The number of hydrogen-bond acceptors (Lipinski definition) is 4. The van der Waals surface area contributed by atoms with Gasteiger partial charge in [-0.25, -0.2) is 0 Å². The van der Waals surface area contributed by atoms with Gasteiger partial charge in [-0.3, -0.25) is 0 Å². The molecule has 4 aliphatic rings. The van der Waals surface area contributed by atoms with Crippen LogP contribution in [0.15, 0.2) is 11.6 Å². The van der Waals surface area contributed by atoms with E-state index in [4.69, 9.17) is 9.47 Å². The summed E-state index contributed by atoms with van der Waals surface area (Å²) < 4.78 is 12.5. The summed E-state index contributed by atoms with van der Waals surface area (Å²) in [6.07, 6.45) is 3.79. The molecule has 0 aromatic carbocycles. The van der Waals surface area contributed by atoms with Crippen molar-refractivity contribution in [3.05, 3.63) is 11.6 Å². The second-order valence-corrected chi connectivity index (χ2v) is 7.28. The highest BCUT2D eigenvalue weighted by atomic mass is 16.8. The molecule has 2 N–H and O–H groups in total. The summed E-state index contributed by atoms with van der Waals surface area (Å²) in [7, 11) is 0. The van der Waals surface area contributed by atoms with Crippen LogP contribution in [0.4, 0.5) is 0 Å². The summed E-state index contributed by atoms with van der Waals surface area (Å²) >= 11 is 0. The Labute approximate surface area is 113 Å². The van der Waals surface area contributed by atoms with Gasteiger partial charge >= 0.3 is 0 Å². The Morgan fingerprint density at radius 2 is 2.11 bits per heavy atom. The van der Waals surface area contributed by atoms with E-state index in [1.54, 1.807) is 0 Å². The molecule has 4 rings (SSSR count). The fourth-order valence-electron chi connectivity index (χ4n) is 5.28. The van der Waals surface area contributed by atoms with Gasteiger partial charge in [0.1, 0.15) is 11.7 Å². The molecule has 0 amide bonds. The van der Waals surface area contributed by atoms with Crippen LogP contribution in [0.1, 0.15) is 40.0 Å². The number of fused-ring (bicyclic) bond motifs is 1. The van der Waals surface area contributed by atoms with E-state index in [0.29, 0.717) is 6.42 Å². The third-order valence-electron chi connectivity index (χ3n) is 6.67.